The van der Waals surface area contributed by atoms with E-state index in [1.165, 1.54) is 18.4 Å². The van der Waals surface area contributed by atoms with Gasteiger partial charge in [0.05, 0.1) is 5.60 Å². The van der Waals surface area contributed by atoms with Crippen LogP contribution in [0, 0.1) is 0 Å². The summed E-state index contributed by atoms with van der Waals surface area (Å²) in [6.45, 7) is 4.73. The van der Waals surface area contributed by atoms with Crippen LogP contribution in [-0.4, -0.2) is 34.8 Å². The van der Waals surface area contributed by atoms with Crippen molar-refractivity contribution < 1.29 is 5.11 Å². The summed E-state index contributed by atoms with van der Waals surface area (Å²) in [5.74, 6) is 1.10. The molecule has 2 heterocycles. The molecule has 1 aromatic heterocycles. The molecule has 0 spiro atoms. The highest BCUT2D eigenvalue weighted by atomic mass is 16.3. The molecule has 0 aromatic carbocycles. The summed E-state index contributed by atoms with van der Waals surface area (Å²) in [6.07, 6.45) is 7.22. The molecule has 1 saturated carbocycles. The molecule has 20 heavy (non-hydrogen) atoms. The van der Waals surface area contributed by atoms with Gasteiger partial charge < -0.3 is 15.3 Å². The van der Waals surface area contributed by atoms with Gasteiger partial charge in [-0.3, -0.25) is 0 Å². The standard InChI is InChI=1S/C16H25N3O/c1-16(20)7-3-10-19(11-8-16)15-13(4-2-9-17-15)12-18-14-5-6-14/h2,4,9,14,18,20H,3,5-8,10-12H2,1H3. The highest BCUT2D eigenvalue weighted by Crippen LogP contribution is 2.27. The summed E-state index contributed by atoms with van der Waals surface area (Å²) in [7, 11) is 0. The van der Waals surface area contributed by atoms with Crippen LogP contribution in [0.3, 0.4) is 0 Å². The lowest BCUT2D eigenvalue weighted by atomic mass is 9.98. The molecule has 2 N–H and O–H groups in total. The van der Waals surface area contributed by atoms with E-state index in [9.17, 15) is 5.11 Å². The third-order valence-electron chi connectivity index (χ3n) is 4.39. The van der Waals surface area contributed by atoms with Crippen molar-refractivity contribution in [1.29, 1.82) is 0 Å². The van der Waals surface area contributed by atoms with Gasteiger partial charge in [0.25, 0.3) is 0 Å². The number of aliphatic hydroxyl groups is 1. The van der Waals surface area contributed by atoms with Crippen LogP contribution in [0.15, 0.2) is 18.3 Å². The summed E-state index contributed by atoms with van der Waals surface area (Å²) in [6, 6.07) is 4.90. The monoisotopic (exact) mass is 275 g/mol. The van der Waals surface area contributed by atoms with Crippen LogP contribution < -0.4 is 10.2 Å². The number of hydrogen-bond donors (Lipinski definition) is 2. The minimum Gasteiger partial charge on any atom is -0.390 e. The summed E-state index contributed by atoms with van der Waals surface area (Å²) in [4.78, 5) is 6.93. The molecule has 1 atom stereocenters. The number of anilines is 1. The topological polar surface area (TPSA) is 48.4 Å². The lowest BCUT2D eigenvalue weighted by Gasteiger charge is -2.25. The fourth-order valence-corrected chi connectivity index (χ4v) is 2.87. The molecule has 2 aliphatic rings. The van der Waals surface area contributed by atoms with E-state index in [1.54, 1.807) is 0 Å². The molecule has 2 fully saturated rings. The van der Waals surface area contributed by atoms with Crippen LogP contribution in [0.25, 0.3) is 0 Å². The molecule has 4 heteroatoms. The number of nitrogens with zero attached hydrogens (tertiary/aromatic N) is 2. The van der Waals surface area contributed by atoms with Gasteiger partial charge in [0.15, 0.2) is 0 Å². The van der Waals surface area contributed by atoms with Crippen LogP contribution in [0.4, 0.5) is 5.82 Å². The van der Waals surface area contributed by atoms with E-state index in [2.05, 4.69) is 21.3 Å². The Kier molecular flexibility index (Phi) is 3.94. The number of aromatic nitrogens is 1. The van der Waals surface area contributed by atoms with Gasteiger partial charge in [0, 0.05) is 37.4 Å². The summed E-state index contributed by atoms with van der Waals surface area (Å²) in [5, 5.41) is 13.8. The Morgan fingerprint density at radius 2 is 2.25 bits per heavy atom. The van der Waals surface area contributed by atoms with Gasteiger partial charge in [-0.05, 0) is 45.1 Å². The van der Waals surface area contributed by atoms with E-state index in [0.29, 0.717) is 6.04 Å². The fourth-order valence-electron chi connectivity index (χ4n) is 2.87. The molecular formula is C16H25N3O. The first-order chi connectivity index (χ1) is 9.64. The Hall–Kier alpha value is -1.13. The predicted octanol–water partition coefficient (Wildman–Crippen LogP) is 2.07. The number of pyridine rings is 1. The second-order valence-electron chi connectivity index (χ2n) is 6.48. The zero-order valence-electron chi connectivity index (χ0n) is 12.3. The summed E-state index contributed by atoms with van der Waals surface area (Å²) in [5.41, 5.74) is 0.761. The number of rotatable bonds is 4. The van der Waals surface area contributed by atoms with Crippen LogP contribution in [0.2, 0.25) is 0 Å². The molecule has 0 radical (unpaired) electrons. The Balaban J connectivity index is 1.71. The van der Waals surface area contributed by atoms with Gasteiger partial charge in [-0.25, -0.2) is 4.98 Å². The van der Waals surface area contributed by atoms with Crippen molar-refractivity contribution >= 4 is 5.82 Å². The van der Waals surface area contributed by atoms with Crippen LogP contribution >= 0.6 is 0 Å². The first-order valence-electron chi connectivity index (χ1n) is 7.79. The maximum atomic E-state index is 10.2. The Morgan fingerprint density at radius 3 is 3.05 bits per heavy atom. The third-order valence-corrected chi connectivity index (χ3v) is 4.39. The average Bonchev–Trinajstić information content (AvgIpc) is 3.25. The number of nitrogens with one attached hydrogen (secondary N) is 1. The SMILES string of the molecule is CC1(O)CCCN(c2ncccc2CNC2CC2)CC1. The Labute approximate surface area is 121 Å². The van der Waals surface area contributed by atoms with Crippen molar-refractivity contribution in [2.75, 3.05) is 18.0 Å². The van der Waals surface area contributed by atoms with Crippen molar-refractivity contribution in [3.8, 4) is 0 Å². The third kappa shape index (κ3) is 3.49. The van der Waals surface area contributed by atoms with Crippen LogP contribution in [0.1, 0.15) is 44.6 Å². The smallest absolute Gasteiger partial charge is 0.133 e. The summed E-state index contributed by atoms with van der Waals surface area (Å²) < 4.78 is 0. The highest BCUT2D eigenvalue weighted by Gasteiger charge is 2.26. The summed E-state index contributed by atoms with van der Waals surface area (Å²) >= 11 is 0. The van der Waals surface area contributed by atoms with Gasteiger partial charge in [0.2, 0.25) is 0 Å². The fraction of sp³-hybridized carbons (Fsp3) is 0.688. The molecule has 0 bridgehead atoms. The lowest BCUT2D eigenvalue weighted by Crippen LogP contribution is -2.30. The Morgan fingerprint density at radius 1 is 1.40 bits per heavy atom. The Bertz CT molecular complexity index is 457. The zero-order chi connectivity index (χ0) is 14.0. The molecular weight excluding hydrogens is 250 g/mol. The van der Waals surface area contributed by atoms with E-state index >= 15 is 0 Å². The number of hydrogen-bond acceptors (Lipinski definition) is 4. The molecule has 1 aromatic rings. The van der Waals surface area contributed by atoms with Gasteiger partial charge in [0.1, 0.15) is 5.82 Å². The zero-order valence-corrected chi connectivity index (χ0v) is 12.3. The first kappa shape index (κ1) is 13.8. The van der Waals surface area contributed by atoms with Crippen molar-refractivity contribution in [1.82, 2.24) is 10.3 Å². The van der Waals surface area contributed by atoms with Crippen molar-refractivity contribution in [2.45, 2.75) is 57.2 Å². The lowest BCUT2D eigenvalue weighted by molar-refractivity contribution is 0.0481. The van der Waals surface area contributed by atoms with Crippen molar-refractivity contribution in [3.63, 3.8) is 0 Å². The molecule has 1 aliphatic heterocycles. The van der Waals surface area contributed by atoms with E-state index in [1.807, 2.05) is 19.2 Å². The molecule has 3 rings (SSSR count). The van der Waals surface area contributed by atoms with Gasteiger partial charge in [-0.1, -0.05) is 6.07 Å². The van der Waals surface area contributed by atoms with Gasteiger partial charge in [-0.2, -0.15) is 0 Å². The van der Waals surface area contributed by atoms with Gasteiger partial charge >= 0.3 is 0 Å². The molecule has 0 amide bonds. The molecule has 1 unspecified atom stereocenters. The molecule has 1 saturated heterocycles. The molecule has 110 valence electrons. The van der Waals surface area contributed by atoms with E-state index in [4.69, 9.17) is 0 Å². The van der Waals surface area contributed by atoms with E-state index < -0.39 is 5.60 Å². The van der Waals surface area contributed by atoms with Crippen LogP contribution in [-0.2, 0) is 6.54 Å². The average molecular weight is 275 g/mol. The highest BCUT2D eigenvalue weighted by molar-refractivity contribution is 5.47. The van der Waals surface area contributed by atoms with Crippen molar-refractivity contribution in [3.05, 3.63) is 23.9 Å². The van der Waals surface area contributed by atoms with Crippen molar-refractivity contribution in [2.24, 2.45) is 0 Å². The second-order valence-corrected chi connectivity index (χ2v) is 6.48. The maximum absolute atomic E-state index is 10.2. The minimum atomic E-state index is -0.518. The maximum Gasteiger partial charge on any atom is 0.133 e. The van der Waals surface area contributed by atoms with E-state index in [0.717, 1.165) is 44.7 Å². The normalized spacial score (nSPS) is 27.4. The second kappa shape index (κ2) is 5.70. The molecule has 4 nitrogen and oxygen atoms in total. The van der Waals surface area contributed by atoms with Gasteiger partial charge in [-0.15, -0.1) is 0 Å². The van der Waals surface area contributed by atoms with Crippen LogP contribution in [0.5, 0.6) is 0 Å². The molecule has 1 aliphatic carbocycles. The largest absolute Gasteiger partial charge is 0.390 e. The van der Waals surface area contributed by atoms with E-state index in [-0.39, 0.29) is 0 Å². The minimum absolute atomic E-state index is 0.518. The predicted molar refractivity (Wildman–Crippen MR) is 80.8 cm³/mol. The quantitative estimate of drug-likeness (QED) is 0.883. The first-order valence-corrected chi connectivity index (χ1v) is 7.79.